The Bertz CT molecular complexity index is 1280. The van der Waals surface area contributed by atoms with Crippen LogP contribution >= 0.6 is 11.5 Å². The monoisotopic (exact) mass is 494 g/mol. The van der Waals surface area contributed by atoms with E-state index >= 15 is 0 Å². The van der Waals surface area contributed by atoms with E-state index < -0.39 is 0 Å². The Hall–Kier alpha value is -3.92. The Morgan fingerprint density at radius 2 is 1.91 bits per heavy atom. The molecule has 8 nitrogen and oxygen atoms in total. The minimum atomic E-state index is -0.276. The Kier molecular flexibility index (Phi) is 6.89. The van der Waals surface area contributed by atoms with Gasteiger partial charge in [-0.15, -0.1) is 0 Å². The fourth-order valence-electron chi connectivity index (χ4n) is 3.64. The van der Waals surface area contributed by atoms with Crippen molar-refractivity contribution in [2.45, 2.75) is 25.9 Å². The Balaban J connectivity index is 1.20. The van der Waals surface area contributed by atoms with Crippen LogP contribution in [0.3, 0.4) is 0 Å². The fourth-order valence-corrected chi connectivity index (χ4v) is 4.35. The molecule has 180 valence electrons. The number of halogens is 1. The zero-order chi connectivity index (χ0) is 24.0. The summed E-state index contributed by atoms with van der Waals surface area (Å²) in [6.45, 7) is 1.52. The standard InChI is InChI=1S/C25H23FN4O4S/c26-19-6-3-17(4-7-19)13-23-28-25(35-29-23)30(15-20-2-1-11-32-20)10-9-24(31)27-14-18-5-8-21-22(12-18)34-16-33-21/h1-8,11-12H,9-10,13-16H2,(H,27,31). The molecule has 0 radical (unpaired) electrons. The summed E-state index contributed by atoms with van der Waals surface area (Å²) in [5.74, 6) is 2.46. The molecule has 0 saturated heterocycles. The molecule has 0 spiro atoms. The summed E-state index contributed by atoms with van der Waals surface area (Å²) < 4.78 is 33.9. The second-order valence-corrected chi connectivity index (χ2v) is 8.74. The van der Waals surface area contributed by atoms with Gasteiger partial charge in [-0.2, -0.15) is 4.37 Å². The number of carbonyl (C=O) groups is 1. The number of nitrogens with one attached hydrogen (secondary N) is 1. The highest BCUT2D eigenvalue weighted by atomic mass is 32.1. The van der Waals surface area contributed by atoms with E-state index in [9.17, 15) is 9.18 Å². The number of benzene rings is 2. The molecule has 0 atom stereocenters. The molecule has 0 unspecified atom stereocenters. The number of hydrogen-bond acceptors (Lipinski definition) is 8. The van der Waals surface area contributed by atoms with Crippen LogP contribution in [0.1, 0.15) is 29.1 Å². The number of nitrogens with zero attached hydrogens (tertiary/aromatic N) is 3. The van der Waals surface area contributed by atoms with Crippen molar-refractivity contribution in [1.82, 2.24) is 14.7 Å². The smallest absolute Gasteiger partial charge is 0.231 e. The third-order valence-electron chi connectivity index (χ3n) is 5.47. The molecule has 35 heavy (non-hydrogen) atoms. The van der Waals surface area contributed by atoms with Gasteiger partial charge in [0.15, 0.2) is 11.5 Å². The number of anilines is 1. The average molecular weight is 495 g/mol. The molecular weight excluding hydrogens is 471 g/mol. The van der Waals surface area contributed by atoms with E-state index in [0.717, 1.165) is 16.9 Å². The molecule has 2 aromatic carbocycles. The summed E-state index contributed by atoms with van der Waals surface area (Å²) in [6.07, 6.45) is 2.39. The third kappa shape index (κ3) is 5.96. The maximum atomic E-state index is 13.2. The zero-order valence-electron chi connectivity index (χ0n) is 18.8. The molecule has 10 heteroatoms. The van der Waals surface area contributed by atoms with Gasteiger partial charge in [-0.3, -0.25) is 4.79 Å². The number of carbonyl (C=O) groups excluding carboxylic acids is 1. The van der Waals surface area contributed by atoms with Crippen LogP contribution in [0.5, 0.6) is 11.5 Å². The van der Waals surface area contributed by atoms with Crippen LogP contribution in [-0.2, 0) is 24.3 Å². The molecule has 1 aliphatic heterocycles. The zero-order valence-corrected chi connectivity index (χ0v) is 19.6. The van der Waals surface area contributed by atoms with E-state index in [4.69, 9.17) is 13.9 Å². The predicted molar refractivity (Wildman–Crippen MR) is 128 cm³/mol. The SMILES string of the molecule is O=C(CCN(Cc1ccco1)c1nc(Cc2ccc(F)cc2)ns1)NCc1ccc2c(c1)OCO2. The molecule has 4 aromatic rings. The van der Waals surface area contributed by atoms with Crippen LogP contribution in [0.4, 0.5) is 9.52 Å². The first-order valence-corrected chi connectivity index (χ1v) is 11.9. The number of hydrogen-bond donors (Lipinski definition) is 1. The Labute approximate surface area is 205 Å². The minimum absolute atomic E-state index is 0.0804. The van der Waals surface area contributed by atoms with Gasteiger partial charge in [-0.1, -0.05) is 18.2 Å². The molecule has 1 amide bonds. The molecule has 0 fully saturated rings. The van der Waals surface area contributed by atoms with Crippen LogP contribution in [-0.4, -0.2) is 28.6 Å². The van der Waals surface area contributed by atoms with Crippen LogP contribution < -0.4 is 19.7 Å². The van der Waals surface area contributed by atoms with Crippen molar-refractivity contribution in [2.75, 3.05) is 18.2 Å². The Morgan fingerprint density at radius 1 is 1.09 bits per heavy atom. The van der Waals surface area contributed by atoms with Crippen molar-refractivity contribution in [3.05, 3.63) is 89.4 Å². The fraction of sp³-hybridized carbons (Fsp3) is 0.240. The van der Waals surface area contributed by atoms with Crippen LogP contribution in [0.25, 0.3) is 0 Å². The van der Waals surface area contributed by atoms with Crippen LogP contribution in [0.15, 0.2) is 65.3 Å². The highest BCUT2D eigenvalue weighted by Gasteiger charge is 2.17. The van der Waals surface area contributed by atoms with E-state index in [-0.39, 0.29) is 24.9 Å². The van der Waals surface area contributed by atoms with Gasteiger partial charge in [0, 0.05) is 37.5 Å². The largest absolute Gasteiger partial charge is 0.467 e. The summed E-state index contributed by atoms with van der Waals surface area (Å²) in [7, 11) is 0. The molecule has 0 bridgehead atoms. The lowest BCUT2D eigenvalue weighted by atomic mass is 10.1. The first-order chi connectivity index (χ1) is 17.1. The lowest BCUT2D eigenvalue weighted by molar-refractivity contribution is -0.121. The summed E-state index contributed by atoms with van der Waals surface area (Å²) in [4.78, 5) is 19.2. The van der Waals surface area contributed by atoms with Gasteiger partial charge in [0.05, 0.1) is 12.8 Å². The van der Waals surface area contributed by atoms with E-state index in [0.29, 0.717) is 48.5 Å². The maximum absolute atomic E-state index is 13.2. The summed E-state index contributed by atoms with van der Waals surface area (Å²) in [5, 5.41) is 3.65. The first kappa shape index (κ1) is 22.9. The highest BCUT2D eigenvalue weighted by Crippen LogP contribution is 2.32. The normalized spacial score (nSPS) is 12.0. The van der Waals surface area contributed by atoms with Crippen LogP contribution in [0, 0.1) is 5.82 Å². The quantitative estimate of drug-likeness (QED) is 0.352. The number of furan rings is 1. The van der Waals surface area contributed by atoms with Crippen molar-refractivity contribution < 1.29 is 23.1 Å². The molecule has 0 aliphatic carbocycles. The van der Waals surface area contributed by atoms with Crippen LogP contribution in [0.2, 0.25) is 0 Å². The lowest BCUT2D eigenvalue weighted by Crippen LogP contribution is -2.30. The molecule has 5 rings (SSSR count). The number of fused-ring (bicyclic) bond motifs is 1. The van der Waals surface area contributed by atoms with Crippen molar-refractivity contribution in [3.8, 4) is 11.5 Å². The van der Waals surface area contributed by atoms with Gasteiger partial charge in [0.1, 0.15) is 17.4 Å². The molecular formula is C25H23FN4O4S. The summed E-state index contributed by atoms with van der Waals surface area (Å²) >= 11 is 1.27. The summed E-state index contributed by atoms with van der Waals surface area (Å²) in [6, 6.07) is 15.6. The summed E-state index contributed by atoms with van der Waals surface area (Å²) in [5.41, 5.74) is 1.86. The predicted octanol–water partition coefficient (Wildman–Crippen LogP) is 4.30. The second-order valence-electron chi connectivity index (χ2n) is 8.01. The topological polar surface area (TPSA) is 89.7 Å². The minimum Gasteiger partial charge on any atom is -0.467 e. The molecule has 0 saturated carbocycles. The van der Waals surface area contributed by atoms with E-state index in [1.54, 1.807) is 18.4 Å². The van der Waals surface area contributed by atoms with E-state index in [2.05, 4.69) is 14.7 Å². The molecule has 3 heterocycles. The number of rotatable bonds is 10. The van der Waals surface area contributed by atoms with Gasteiger partial charge < -0.3 is 24.1 Å². The third-order valence-corrected chi connectivity index (χ3v) is 6.28. The number of amides is 1. The molecule has 2 aromatic heterocycles. The average Bonchev–Trinajstić information content (AvgIpc) is 3.64. The van der Waals surface area contributed by atoms with Gasteiger partial charge >= 0.3 is 0 Å². The van der Waals surface area contributed by atoms with Crippen molar-refractivity contribution in [2.24, 2.45) is 0 Å². The van der Waals surface area contributed by atoms with Gasteiger partial charge in [-0.25, -0.2) is 9.37 Å². The van der Waals surface area contributed by atoms with Crippen molar-refractivity contribution in [1.29, 1.82) is 0 Å². The van der Waals surface area contributed by atoms with E-state index in [1.807, 2.05) is 35.2 Å². The molecule has 1 aliphatic rings. The highest BCUT2D eigenvalue weighted by molar-refractivity contribution is 7.09. The van der Waals surface area contributed by atoms with Crippen molar-refractivity contribution in [3.63, 3.8) is 0 Å². The van der Waals surface area contributed by atoms with Crippen molar-refractivity contribution >= 4 is 22.6 Å². The second kappa shape index (κ2) is 10.6. The maximum Gasteiger partial charge on any atom is 0.231 e. The van der Waals surface area contributed by atoms with Gasteiger partial charge in [0.2, 0.25) is 17.8 Å². The van der Waals surface area contributed by atoms with Gasteiger partial charge in [-0.05, 0) is 47.5 Å². The first-order valence-electron chi connectivity index (χ1n) is 11.1. The number of aromatic nitrogens is 2. The Morgan fingerprint density at radius 3 is 2.74 bits per heavy atom. The molecule has 1 N–H and O–H groups in total. The lowest BCUT2D eigenvalue weighted by Gasteiger charge is -2.20. The van der Waals surface area contributed by atoms with E-state index in [1.165, 1.54) is 23.7 Å². The van der Waals surface area contributed by atoms with Gasteiger partial charge in [0.25, 0.3) is 0 Å². The number of ether oxygens (including phenoxy) is 2.